The van der Waals surface area contributed by atoms with Crippen molar-refractivity contribution in [3.8, 4) is 0 Å². The number of fused-ring (bicyclic) bond motifs is 2. The number of esters is 2. The van der Waals surface area contributed by atoms with E-state index in [-0.39, 0.29) is 43.1 Å². The summed E-state index contributed by atoms with van der Waals surface area (Å²) in [4.78, 5) is 58.6. The second-order valence-electron chi connectivity index (χ2n) is 12.8. The third-order valence-corrected chi connectivity index (χ3v) is 11.0. The number of pyridine rings is 1. The third-order valence-electron chi connectivity index (χ3n) is 9.65. The molecule has 2 fully saturated rings. The highest BCUT2D eigenvalue weighted by molar-refractivity contribution is 9.10. The zero-order valence-corrected chi connectivity index (χ0v) is 30.9. The molecule has 0 spiro atoms. The standard InChI is InChI=1S/C35H42Br2ClN3O6/c1-3-46-32(45)19-28(47-21(2)42)18-31(44)40-10-6-22(7-11-40)14-30(43)41-12-8-23(9-13-41)34-33-24(16-27(38)17-29(33)37)4-5-25-15-26(36)20-39-35(25)34/h15-17,20,22-23,28,34H,3-14,18-19H2,1-2H3/t28-,34-/m1/s1. The van der Waals surface area contributed by atoms with E-state index in [2.05, 4.69) is 44.0 Å². The highest BCUT2D eigenvalue weighted by Gasteiger charge is 2.37. The van der Waals surface area contributed by atoms with Crippen molar-refractivity contribution in [2.45, 2.75) is 83.7 Å². The molecule has 0 N–H and O–H groups in total. The van der Waals surface area contributed by atoms with Gasteiger partial charge >= 0.3 is 11.9 Å². The molecule has 5 rings (SSSR count). The molecule has 3 aliphatic rings. The van der Waals surface area contributed by atoms with Gasteiger partial charge in [-0.25, -0.2) is 0 Å². The number of nitrogens with zero attached hydrogens (tertiary/aromatic N) is 3. The van der Waals surface area contributed by atoms with Crippen LogP contribution in [0.1, 0.15) is 87.1 Å². The number of aromatic nitrogens is 1. The topological polar surface area (TPSA) is 106 Å². The molecule has 0 radical (unpaired) electrons. The number of amides is 2. The fraction of sp³-hybridized carbons (Fsp3) is 0.571. The molecule has 0 unspecified atom stereocenters. The Bertz CT molecular complexity index is 1490. The highest BCUT2D eigenvalue weighted by atomic mass is 79.9. The number of carbonyl (C=O) groups excluding carboxylic acids is 4. The lowest BCUT2D eigenvalue weighted by Crippen LogP contribution is -2.43. The number of benzene rings is 1. The molecule has 2 atom stereocenters. The number of aryl methyl sites for hydroxylation is 2. The van der Waals surface area contributed by atoms with Gasteiger partial charge in [0.1, 0.15) is 6.10 Å². The summed E-state index contributed by atoms with van der Waals surface area (Å²) >= 11 is 13.9. The van der Waals surface area contributed by atoms with Crippen molar-refractivity contribution < 1.29 is 28.7 Å². The van der Waals surface area contributed by atoms with Gasteiger partial charge in [-0.3, -0.25) is 24.2 Å². The van der Waals surface area contributed by atoms with Crippen molar-refractivity contribution in [1.29, 1.82) is 0 Å². The van der Waals surface area contributed by atoms with E-state index in [1.807, 2.05) is 17.2 Å². The molecule has 2 amide bonds. The predicted octanol–water partition coefficient (Wildman–Crippen LogP) is 6.63. The number of halogens is 3. The van der Waals surface area contributed by atoms with E-state index >= 15 is 0 Å². The number of ether oxygens (including phenoxy) is 2. The first-order chi connectivity index (χ1) is 22.5. The average molecular weight is 796 g/mol. The van der Waals surface area contributed by atoms with Crippen LogP contribution in [0.4, 0.5) is 0 Å². The van der Waals surface area contributed by atoms with Gasteiger partial charge in [-0.15, -0.1) is 0 Å². The smallest absolute Gasteiger partial charge is 0.309 e. The average Bonchev–Trinajstić information content (AvgIpc) is 3.18. The lowest BCUT2D eigenvalue weighted by atomic mass is 9.76. The number of piperidine rings is 2. The van der Waals surface area contributed by atoms with Gasteiger partial charge in [-0.1, -0.05) is 27.5 Å². The first-order valence-corrected chi connectivity index (χ1v) is 18.5. The molecule has 47 heavy (non-hydrogen) atoms. The van der Waals surface area contributed by atoms with Gasteiger partial charge in [0.2, 0.25) is 11.8 Å². The van der Waals surface area contributed by atoms with E-state index < -0.39 is 18.0 Å². The molecular formula is C35H42Br2ClN3O6. The fourth-order valence-corrected chi connectivity index (χ4v) is 8.89. The number of rotatable bonds is 9. The van der Waals surface area contributed by atoms with E-state index in [1.54, 1.807) is 11.8 Å². The zero-order chi connectivity index (χ0) is 33.7. The largest absolute Gasteiger partial charge is 0.466 e. The molecule has 0 bridgehead atoms. The maximum atomic E-state index is 13.5. The zero-order valence-electron chi connectivity index (χ0n) is 26.9. The van der Waals surface area contributed by atoms with Crippen LogP contribution in [0.15, 0.2) is 33.3 Å². The number of hydrogen-bond donors (Lipinski definition) is 0. The van der Waals surface area contributed by atoms with E-state index in [9.17, 15) is 19.2 Å². The third kappa shape index (κ3) is 9.15. The Morgan fingerprint density at radius 2 is 1.60 bits per heavy atom. The van der Waals surface area contributed by atoms with Gasteiger partial charge in [0, 0.05) is 65.6 Å². The maximum Gasteiger partial charge on any atom is 0.309 e. The van der Waals surface area contributed by atoms with Crippen molar-refractivity contribution in [3.63, 3.8) is 0 Å². The van der Waals surface area contributed by atoms with Gasteiger partial charge in [-0.2, -0.15) is 0 Å². The Labute approximate surface area is 298 Å². The summed E-state index contributed by atoms with van der Waals surface area (Å²) in [6.07, 6.45) is 6.35. The first-order valence-electron chi connectivity index (χ1n) is 16.5. The van der Waals surface area contributed by atoms with Crippen LogP contribution in [0.3, 0.4) is 0 Å². The quantitative estimate of drug-likeness (QED) is 0.263. The van der Waals surface area contributed by atoms with Crippen LogP contribution in [-0.4, -0.2) is 77.4 Å². The van der Waals surface area contributed by atoms with Crippen LogP contribution in [-0.2, 0) is 41.5 Å². The number of likely N-dealkylation sites (tertiary alicyclic amines) is 2. The maximum absolute atomic E-state index is 13.5. The lowest BCUT2D eigenvalue weighted by molar-refractivity contribution is -0.155. The predicted molar refractivity (Wildman–Crippen MR) is 185 cm³/mol. The summed E-state index contributed by atoms with van der Waals surface area (Å²) in [6, 6.07) is 6.27. The van der Waals surface area contributed by atoms with Crippen LogP contribution in [0, 0.1) is 11.8 Å². The molecule has 1 aromatic heterocycles. The molecule has 1 aliphatic carbocycles. The summed E-state index contributed by atoms with van der Waals surface area (Å²) in [5.41, 5.74) is 4.91. The molecule has 2 saturated heterocycles. The van der Waals surface area contributed by atoms with E-state index in [1.165, 1.54) is 23.6 Å². The summed E-state index contributed by atoms with van der Waals surface area (Å²) in [5, 5.41) is 0.727. The lowest BCUT2D eigenvalue weighted by Gasteiger charge is -2.38. The molecule has 2 aromatic rings. The van der Waals surface area contributed by atoms with Crippen LogP contribution >= 0.6 is 43.5 Å². The van der Waals surface area contributed by atoms with Gasteiger partial charge < -0.3 is 19.3 Å². The summed E-state index contributed by atoms with van der Waals surface area (Å²) in [7, 11) is 0. The van der Waals surface area contributed by atoms with Crippen molar-refractivity contribution in [2.75, 3.05) is 32.8 Å². The molecule has 1 aromatic carbocycles. The minimum atomic E-state index is -0.849. The Balaban J connectivity index is 1.15. The number of carbonyl (C=O) groups is 4. The van der Waals surface area contributed by atoms with Gasteiger partial charge in [-0.05, 0) is 108 Å². The summed E-state index contributed by atoms with van der Waals surface area (Å²) < 4.78 is 12.2. The Morgan fingerprint density at radius 3 is 2.28 bits per heavy atom. The second-order valence-corrected chi connectivity index (χ2v) is 15.0. The van der Waals surface area contributed by atoms with E-state index in [0.29, 0.717) is 38.5 Å². The van der Waals surface area contributed by atoms with Crippen molar-refractivity contribution in [2.24, 2.45) is 11.8 Å². The van der Waals surface area contributed by atoms with Crippen molar-refractivity contribution in [3.05, 3.63) is 60.7 Å². The van der Waals surface area contributed by atoms with Crippen LogP contribution in [0.25, 0.3) is 0 Å². The molecule has 0 saturated carbocycles. The Morgan fingerprint density at radius 1 is 0.936 bits per heavy atom. The molecule has 12 heteroatoms. The van der Waals surface area contributed by atoms with Crippen LogP contribution in [0.2, 0.25) is 5.02 Å². The molecule has 254 valence electrons. The number of hydrogen-bond acceptors (Lipinski definition) is 7. The SMILES string of the molecule is CCOC(=O)C[C@@H](CC(=O)N1CCC(CC(=O)N2CCC([C@H]3c4ncc(Br)cc4CCc4cc(Cl)cc(Br)c43)CC2)CC1)OC(C)=O. The van der Waals surface area contributed by atoms with Crippen molar-refractivity contribution >= 4 is 67.2 Å². The van der Waals surface area contributed by atoms with Crippen LogP contribution < -0.4 is 0 Å². The van der Waals surface area contributed by atoms with Gasteiger partial charge in [0.15, 0.2) is 0 Å². The minimum absolute atomic E-state index is 0.0662. The summed E-state index contributed by atoms with van der Waals surface area (Å²) in [6.45, 7) is 5.67. The van der Waals surface area contributed by atoms with E-state index in [0.717, 1.165) is 58.2 Å². The first kappa shape index (κ1) is 35.8. The second kappa shape index (κ2) is 16.3. The highest BCUT2D eigenvalue weighted by Crippen LogP contribution is 2.46. The Hall–Kier alpha value is -2.50. The van der Waals surface area contributed by atoms with Crippen LogP contribution in [0.5, 0.6) is 0 Å². The fourth-order valence-electron chi connectivity index (χ4n) is 7.39. The van der Waals surface area contributed by atoms with Crippen molar-refractivity contribution in [1.82, 2.24) is 14.8 Å². The minimum Gasteiger partial charge on any atom is -0.466 e. The Kier molecular flexibility index (Phi) is 12.4. The molecule has 3 heterocycles. The summed E-state index contributed by atoms with van der Waals surface area (Å²) in [5.74, 6) is -0.357. The molecule has 2 aliphatic heterocycles. The van der Waals surface area contributed by atoms with Gasteiger partial charge in [0.25, 0.3) is 0 Å². The normalized spacial score (nSPS) is 19.3. The molecule has 9 nitrogen and oxygen atoms in total. The van der Waals surface area contributed by atoms with E-state index in [4.69, 9.17) is 26.1 Å². The molecular weight excluding hydrogens is 754 g/mol. The monoisotopic (exact) mass is 793 g/mol. The van der Waals surface area contributed by atoms with Gasteiger partial charge in [0.05, 0.1) is 25.1 Å².